The molecule has 0 saturated carbocycles. The second-order valence-corrected chi connectivity index (χ2v) is 7.24. The van der Waals surface area contributed by atoms with E-state index < -0.39 is 5.97 Å². The van der Waals surface area contributed by atoms with Gasteiger partial charge in [-0.3, -0.25) is 4.90 Å². The number of oxazole rings is 1. The molecular formula is C21H24LiN3O3. The number of carboxylic acids is 1. The van der Waals surface area contributed by atoms with Crippen molar-refractivity contribution in [3.63, 3.8) is 0 Å². The number of anilines is 1. The summed E-state index contributed by atoms with van der Waals surface area (Å²) in [4.78, 5) is 20.6. The maximum atomic E-state index is 11.4. The van der Waals surface area contributed by atoms with E-state index in [1.54, 1.807) is 18.2 Å². The van der Waals surface area contributed by atoms with E-state index >= 15 is 0 Å². The molecule has 142 valence electrons. The van der Waals surface area contributed by atoms with E-state index in [4.69, 9.17) is 4.42 Å². The van der Waals surface area contributed by atoms with Gasteiger partial charge in [0.15, 0.2) is 5.58 Å². The molecule has 6 nitrogen and oxygen atoms in total. The Balaban J connectivity index is 0.00000225. The number of fused-ring (bicyclic) bond motifs is 1. The SMILES string of the molecule is C[C@H]1CN(Cc2ccccc2)C[C@H](C)N1c1nc2c(C(=O)O)cccc2o1.[LiH]. The van der Waals surface area contributed by atoms with Gasteiger partial charge in [0.25, 0.3) is 6.01 Å². The van der Waals surface area contributed by atoms with Gasteiger partial charge in [-0.25, -0.2) is 4.79 Å². The molecule has 1 aromatic heterocycles. The summed E-state index contributed by atoms with van der Waals surface area (Å²) < 4.78 is 5.93. The van der Waals surface area contributed by atoms with Crippen molar-refractivity contribution in [1.82, 2.24) is 9.88 Å². The first-order chi connectivity index (χ1) is 13.0. The molecule has 4 rings (SSSR count). The van der Waals surface area contributed by atoms with E-state index in [-0.39, 0.29) is 36.5 Å². The van der Waals surface area contributed by atoms with Crippen LogP contribution >= 0.6 is 0 Å². The second-order valence-electron chi connectivity index (χ2n) is 7.24. The molecule has 0 spiro atoms. The van der Waals surface area contributed by atoms with Crippen molar-refractivity contribution in [3.05, 3.63) is 59.7 Å². The number of para-hydroxylation sites is 1. The van der Waals surface area contributed by atoms with Crippen LogP contribution in [-0.2, 0) is 6.54 Å². The monoisotopic (exact) mass is 373 g/mol. The Labute approximate surface area is 176 Å². The zero-order valence-electron chi connectivity index (χ0n) is 15.5. The van der Waals surface area contributed by atoms with Gasteiger partial charge in [0.1, 0.15) is 5.52 Å². The van der Waals surface area contributed by atoms with Gasteiger partial charge < -0.3 is 14.4 Å². The molecule has 0 aliphatic carbocycles. The summed E-state index contributed by atoms with van der Waals surface area (Å²) in [6.45, 7) is 7.01. The zero-order chi connectivity index (χ0) is 19.0. The second kappa shape index (κ2) is 8.40. The first-order valence-electron chi connectivity index (χ1n) is 9.20. The van der Waals surface area contributed by atoms with Crippen LogP contribution < -0.4 is 4.90 Å². The Morgan fingerprint density at radius 1 is 1.11 bits per heavy atom. The van der Waals surface area contributed by atoms with E-state index in [1.807, 2.05) is 6.07 Å². The van der Waals surface area contributed by atoms with Gasteiger partial charge in [-0.1, -0.05) is 36.4 Å². The number of hydrogen-bond acceptors (Lipinski definition) is 5. The molecule has 2 aromatic carbocycles. The summed E-state index contributed by atoms with van der Waals surface area (Å²) in [5.74, 6) is -0.991. The fraction of sp³-hybridized carbons (Fsp3) is 0.333. The fourth-order valence-electron chi connectivity index (χ4n) is 4.00. The number of carbonyl (C=O) groups is 1. The number of aromatic nitrogens is 1. The van der Waals surface area contributed by atoms with Crippen molar-refractivity contribution in [3.8, 4) is 0 Å². The molecular weight excluding hydrogens is 349 g/mol. The number of benzene rings is 2. The molecule has 1 aliphatic rings. The van der Waals surface area contributed by atoms with Gasteiger partial charge in [-0.2, -0.15) is 4.98 Å². The topological polar surface area (TPSA) is 69.8 Å². The molecule has 7 heteroatoms. The standard InChI is InChI=1S/C21H23N3O3.Li.H/c1-14-11-23(13-16-7-4-3-5-8-16)12-15(2)24(14)21-22-19-17(20(25)26)9-6-10-18(19)27-21;;/h3-10,14-15H,11-13H2,1-2H3,(H,25,26);;/t14-,15-;;/m0../s1. The summed E-state index contributed by atoms with van der Waals surface area (Å²) in [7, 11) is 0. The third-order valence-corrected chi connectivity index (χ3v) is 5.10. The van der Waals surface area contributed by atoms with Crippen molar-refractivity contribution in [2.45, 2.75) is 32.5 Å². The van der Waals surface area contributed by atoms with E-state index in [2.05, 4.69) is 52.9 Å². The van der Waals surface area contributed by atoms with Crippen LogP contribution in [0.25, 0.3) is 11.1 Å². The minimum absolute atomic E-state index is 0. The Morgan fingerprint density at radius 2 is 1.79 bits per heavy atom. The summed E-state index contributed by atoms with van der Waals surface area (Å²) in [5.41, 5.74) is 2.39. The summed E-state index contributed by atoms with van der Waals surface area (Å²) in [6.07, 6.45) is 0. The molecule has 1 N–H and O–H groups in total. The Morgan fingerprint density at radius 3 is 2.43 bits per heavy atom. The van der Waals surface area contributed by atoms with E-state index in [0.29, 0.717) is 17.1 Å². The normalized spacial score (nSPS) is 20.1. The third kappa shape index (κ3) is 3.95. The zero-order valence-corrected chi connectivity index (χ0v) is 15.5. The number of aromatic carboxylic acids is 1. The van der Waals surface area contributed by atoms with E-state index in [9.17, 15) is 9.90 Å². The predicted molar refractivity (Wildman–Crippen MR) is 111 cm³/mol. The molecule has 28 heavy (non-hydrogen) atoms. The minimum atomic E-state index is -0.991. The van der Waals surface area contributed by atoms with Gasteiger partial charge in [-0.15, -0.1) is 0 Å². The first-order valence-corrected chi connectivity index (χ1v) is 9.20. The van der Waals surface area contributed by atoms with Crippen molar-refractivity contribution in [2.24, 2.45) is 0 Å². The van der Waals surface area contributed by atoms with Crippen molar-refractivity contribution < 1.29 is 14.3 Å². The number of piperazine rings is 1. The van der Waals surface area contributed by atoms with Crippen LogP contribution in [0.15, 0.2) is 52.9 Å². The van der Waals surface area contributed by atoms with Gasteiger partial charge in [0, 0.05) is 31.7 Å². The average molecular weight is 373 g/mol. The third-order valence-electron chi connectivity index (χ3n) is 5.10. The van der Waals surface area contributed by atoms with Crippen LogP contribution in [0.3, 0.4) is 0 Å². The maximum absolute atomic E-state index is 11.4. The first kappa shape index (κ1) is 20.5. The van der Waals surface area contributed by atoms with Crippen molar-refractivity contribution >= 4 is 41.9 Å². The van der Waals surface area contributed by atoms with Crippen molar-refractivity contribution in [2.75, 3.05) is 18.0 Å². The molecule has 3 aromatic rings. The molecule has 0 radical (unpaired) electrons. The van der Waals surface area contributed by atoms with Crippen LogP contribution in [0.5, 0.6) is 0 Å². The van der Waals surface area contributed by atoms with Gasteiger partial charge in [0.05, 0.1) is 5.56 Å². The molecule has 2 atom stereocenters. The Kier molecular flexibility index (Phi) is 6.14. The summed E-state index contributed by atoms with van der Waals surface area (Å²) in [6, 6.07) is 16.4. The van der Waals surface area contributed by atoms with Gasteiger partial charge in [0.2, 0.25) is 0 Å². The van der Waals surface area contributed by atoms with Crippen LogP contribution in [0, 0.1) is 0 Å². The molecule has 1 aliphatic heterocycles. The van der Waals surface area contributed by atoms with Crippen LogP contribution in [0.4, 0.5) is 6.01 Å². The molecule has 0 unspecified atom stereocenters. The fourth-order valence-corrected chi connectivity index (χ4v) is 4.00. The molecule has 1 saturated heterocycles. The van der Waals surface area contributed by atoms with Crippen LogP contribution in [0.2, 0.25) is 0 Å². The van der Waals surface area contributed by atoms with Crippen LogP contribution in [-0.4, -0.2) is 65.0 Å². The van der Waals surface area contributed by atoms with Gasteiger partial charge >= 0.3 is 24.8 Å². The number of nitrogens with zero attached hydrogens (tertiary/aromatic N) is 3. The molecule has 2 heterocycles. The van der Waals surface area contributed by atoms with E-state index in [0.717, 1.165) is 19.6 Å². The quantitative estimate of drug-likeness (QED) is 0.709. The average Bonchev–Trinajstić information content (AvgIpc) is 3.05. The molecule has 0 amide bonds. The number of hydrogen-bond donors (Lipinski definition) is 1. The van der Waals surface area contributed by atoms with Gasteiger partial charge in [-0.05, 0) is 31.5 Å². The Hall–Kier alpha value is -2.26. The predicted octanol–water partition coefficient (Wildman–Crippen LogP) is 2.98. The summed E-state index contributed by atoms with van der Waals surface area (Å²) in [5, 5.41) is 9.38. The summed E-state index contributed by atoms with van der Waals surface area (Å²) >= 11 is 0. The number of carboxylic acid groups (broad SMARTS) is 1. The van der Waals surface area contributed by atoms with Crippen LogP contribution in [0.1, 0.15) is 29.8 Å². The Bertz CT molecular complexity index is 948. The van der Waals surface area contributed by atoms with Crippen molar-refractivity contribution in [1.29, 1.82) is 0 Å². The molecule has 0 bridgehead atoms. The van der Waals surface area contributed by atoms with E-state index in [1.165, 1.54) is 5.56 Å². The number of rotatable bonds is 4. The molecule has 1 fully saturated rings.